The molecular weight excluding hydrogens is 213 g/mol. The molecule has 1 aliphatic carbocycles. The standard InChI is InChI=1S/C15H22FN/c1-3-17-15(10-12-5-4-6-12)14-8-7-13(16)9-11(14)2/h7-9,12,15,17H,3-6,10H2,1-2H3. The Kier molecular flexibility index (Phi) is 4.16. The number of benzene rings is 1. The Morgan fingerprint density at radius 3 is 2.71 bits per heavy atom. The maximum atomic E-state index is 13.1. The highest BCUT2D eigenvalue weighted by Crippen LogP contribution is 2.35. The molecule has 0 bridgehead atoms. The summed E-state index contributed by atoms with van der Waals surface area (Å²) >= 11 is 0. The van der Waals surface area contributed by atoms with E-state index in [9.17, 15) is 4.39 Å². The normalized spacial score (nSPS) is 17.8. The van der Waals surface area contributed by atoms with Crippen LogP contribution in [0.1, 0.15) is 49.8 Å². The molecule has 0 aromatic heterocycles. The Bertz CT molecular complexity index is 371. The Hall–Kier alpha value is -0.890. The molecule has 0 aliphatic heterocycles. The summed E-state index contributed by atoms with van der Waals surface area (Å²) in [4.78, 5) is 0. The fourth-order valence-corrected chi connectivity index (χ4v) is 2.66. The molecule has 17 heavy (non-hydrogen) atoms. The van der Waals surface area contributed by atoms with E-state index < -0.39 is 0 Å². The van der Waals surface area contributed by atoms with Crippen molar-refractivity contribution in [3.8, 4) is 0 Å². The molecule has 1 N–H and O–H groups in total. The fraction of sp³-hybridized carbons (Fsp3) is 0.600. The molecule has 2 heteroatoms. The molecule has 0 heterocycles. The smallest absolute Gasteiger partial charge is 0.123 e. The van der Waals surface area contributed by atoms with Gasteiger partial charge in [0.2, 0.25) is 0 Å². The molecule has 0 amide bonds. The Balaban J connectivity index is 2.12. The van der Waals surface area contributed by atoms with Crippen LogP contribution in [0.3, 0.4) is 0 Å². The second kappa shape index (κ2) is 5.63. The van der Waals surface area contributed by atoms with Gasteiger partial charge in [0.25, 0.3) is 0 Å². The Morgan fingerprint density at radius 1 is 1.41 bits per heavy atom. The lowest BCUT2D eigenvalue weighted by Gasteiger charge is -2.31. The molecular formula is C15H22FN. The van der Waals surface area contributed by atoms with Crippen molar-refractivity contribution in [1.82, 2.24) is 5.32 Å². The second-order valence-electron chi connectivity index (χ2n) is 5.14. The Labute approximate surface area is 103 Å². The average Bonchev–Trinajstić information content (AvgIpc) is 2.22. The van der Waals surface area contributed by atoms with Crippen molar-refractivity contribution in [2.24, 2.45) is 5.92 Å². The van der Waals surface area contributed by atoms with Gasteiger partial charge in [0.05, 0.1) is 0 Å². The molecule has 0 spiro atoms. The van der Waals surface area contributed by atoms with Crippen LogP contribution >= 0.6 is 0 Å². The van der Waals surface area contributed by atoms with Crippen LogP contribution in [0, 0.1) is 18.7 Å². The zero-order chi connectivity index (χ0) is 12.3. The lowest BCUT2D eigenvalue weighted by Crippen LogP contribution is -2.26. The summed E-state index contributed by atoms with van der Waals surface area (Å²) in [5.41, 5.74) is 2.33. The molecule has 0 saturated heterocycles. The number of halogens is 1. The van der Waals surface area contributed by atoms with E-state index in [-0.39, 0.29) is 5.82 Å². The number of hydrogen-bond donors (Lipinski definition) is 1. The van der Waals surface area contributed by atoms with Gasteiger partial charge in [-0.3, -0.25) is 0 Å². The predicted molar refractivity (Wildman–Crippen MR) is 69.5 cm³/mol. The first kappa shape index (κ1) is 12.6. The van der Waals surface area contributed by atoms with E-state index >= 15 is 0 Å². The molecule has 94 valence electrons. The minimum Gasteiger partial charge on any atom is -0.310 e. The SMILES string of the molecule is CCNC(CC1CCC1)c1ccc(F)cc1C. The summed E-state index contributed by atoms with van der Waals surface area (Å²) in [5, 5.41) is 3.54. The highest BCUT2D eigenvalue weighted by atomic mass is 19.1. The van der Waals surface area contributed by atoms with Crippen LogP contribution in [0.4, 0.5) is 4.39 Å². The third-order valence-electron chi connectivity index (χ3n) is 3.85. The maximum absolute atomic E-state index is 13.1. The van der Waals surface area contributed by atoms with Crippen molar-refractivity contribution < 1.29 is 4.39 Å². The zero-order valence-electron chi connectivity index (χ0n) is 10.8. The molecule has 1 saturated carbocycles. The van der Waals surface area contributed by atoms with Gasteiger partial charge >= 0.3 is 0 Å². The fourth-order valence-electron chi connectivity index (χ4n) is 2.66. The summed E-state index contributed by atoms with van der Waals surface area (Å²) in [7, 11) is 0. The number of nitrogens with one attached hydrogen (secondary N) is 1. The van der Waals surface area contributed by atoms with Gasteiger partial charge in [0, 0.05) is 6.04 Å². The number of rotatable bonds is 5. The van der Waals surface area contributed by atoms with E-state index in [0.29, 0.717) is 6.04 Å². The first-order valence-electron chi connectivity index (χ1n) is 6.70. The number of aryl methyl sites for hydroxylation is 1. The van der Waals surface area contributed by atoms with Crippen molar-refractivity contribution in [2.45, 2.75) is 45.6 Å². The van der Waals surface area contributed by atoms with Gasteiger partial charge in [0.15, 0.2) is 0 Å². The second-order valence-corrected chi connectivity index (χ2v) is 5.14. The van der Waals surface area contributed by atoms with E-state index in [2.05, 4.69) is 12.2 Å². The molecule has 1 aromatic carbocycles. The highest BCUT2D eigenvalue weighted by Gasteiger charge is 2.23. The molecule has 1 nitrogen and oxygen atoms in total. The van der Waals surface area contributed by atoms with E-state index in [4.69, 9.17) is 0 Å². The summed E-state index contributed by atoms with van der Waals surface area (Å²) in [5.74, 6) is 0.730. The van der Waals surface area contributed by atoms with Crippen molar-refractivity contribution in [3.63, 3.8) is 0 Å². The zero-order valence-corrected chi connectivity index (χ0v) is 10.8. The van der Waals surface area contributed by atoms with Crippen molar-refractivity contribution in [2.75, 3.05) is 6.54 Å². The summed E-state index contributed by atoms with van der Waals surface area (Å²) in [6.07, 6.45) is 5.30. The molecule has 1 atom stereocenters. The van der Waals surface area contributed by atoms with Crippen LogP contribution in [-0.2, 0) is 0 Å². The quantitative estimate of drug-likeness (QED) is 0.814. The van der Waals surface area contributed by atoms with Gasteiger partial charge in [-0.1, -0.05) is 32.3 Å². The minimum atomic E-state index is -0.134. The maximum Gasteiger partial charge on any atom is 0.123 e. The average molecular weight is 235 g/mol. The van der Waals surface area contributed by atoms with Crippen LogP contribution in [0.5, 0.6) is 0 Å². The summed E-state index contributed by atoms with van der Waals surface area (Å²) < 4.78 is 13.1. The third kappa shape index (κ3) is 3.06. The van der Waals surface area contributed by atoms with Gasteiger partial charge in [-0.05, 0) is 49.1 Å². The monoisotopic (exact) mass is 235 g/mol. The van der Waals surface area contributed by atoms with E-state index in [1.54, 1.807) is 12.1 Å². The molecule has 1 fully saturated rings. The van der Waals surface area contributed by atoms with Gasteiger partial charge in [-0.15, -0.1) is 0 Å². The van der Waals surface area contributed by atoms with Gasteiger partial charge < -0.3 is 5.32 Å². The molecule has 1 aromatic rings. The van der Waals surface area contributed by atoms with E-state index in [1.165, 1.54) is 31.2 Å². The van der Waals surface area contributed by atoms with Gasteiger partial charge in [0.1, 0.15) is 5.82 Å². The van der Waals surface area contributed by atoms with E-state index in [1.807, 2.05) is 13.0 Å². The molecule has 2 rings (SSSR count). The van der Waals surface area contributed by atoms with Crippen LogP contribution in [0.15, 0.2) is 18.2 Å². The number of hydrogen-bond acceptors (Lipinski definition) is 1. The van der Waals surface area contributed by atoms with Crippen LogP contribution < -0.4 is 5.32 Å². The first-order chi connectivity index (χ1) is 8.20. The molecule has 1 aliphatic rings. The highest BCUT2D eigenvalue weighted by molar-refractivity contribution is 5.29. The lowest BCUT2D eigenvalue weighted by atomic mass is 9.79. The first-order valence-corrected chi connectivity index (χ1v) is 6.70. The molecule has 0 radical (unpaired) electrons. The Morgan fingerprint density at radius 2 is 2.18 bits per heavy atom. The summed E-state index contributed by atoms with van der Waals surface area (Å²) in [6.45, 7) is 5.10. The molecule has 1 unspecified atom stereocenters. The lowest BCUT2D eigenvalue weighted by molar-refractivity contribution is 0.262. The van der Waals surface area contributed by atoms with Crippen LogP contribution in [-0.4, -0.2) is 6.54 Å². The summed E-state index contributed by atoms with van der Waals surface area (Å²) in [6, 6.07) is 5.55. The van der Waals surface area contributed by atoms with Crippen LogP contribution in [0.25, 0.3) is 0 Å². The van der Waals surface area contributed by atoms with E-state index in [0.717, 1.165) is 18.0 Å². The third-order valence-corrected chi connectivity index (χ3v) is 3.85. The van der Waals surface area contributed by atoms with Gasteiger partial charge in [-0.25, -0.2) is 4.39 Å². The largest absolute Gasteiger partial charge is 0.310 e. The van der Waals surface area contributed by atoms with Crippen molar-refractivity contribution >= 4 is 0 Å². The van der Waals surface area contributed by atoms with Crippen molar-refractivity contribution in [1.29, 1.82) is 0 Å². The van der Waals surface area contributed by atoms with Crippen molar-refractivity contribution in [3.05, 3.63) is 35.1 Å². The predicted octanol–water partition coefficient (Wildman–Crippen LogP) is 3.97. The van der Waals surface area contributed by atoms with Crippen LogP contribution in [0.2, 0.25) is 0 Å². The minimum absolute atomic E-state index is 0.134. The topological polar surface area (TPSA) is 12.0 Å². The van der Waals surface area contributed by atoms with Gasteiger partial charge in [-0.2, -0.15) is 0 Å².